The van der Waals surface area contributed by atoms with Crippen molar-refractivity contribution in [1.29, 1.82) is 0 Å². The van der Waals surface area contributed by atoms with E-state index in [0.29, 0.717) is 5.30 Å². The summed E-state index contributed by atoms with van der Waals surface area (Å²) in [7, 11) is -0.0515. The zero-order chi connectivity index (χ0) is 18.1. The van der Waals surface area contributed by atoms with E-state index in [-0.39, 0.29) is 89.8 Å². The second-order valence-electron chi connectivity index (χ2n) is 6.16. The van der Waals surface area contributed by atoms with E-state index in [2.05, 4.69) is 5.32 Å². The van der Waals surface area contributed by atoms with E-state index in [1.807, 2.05) is 72.8 Å². The molecule has 4 aromatic rings. The van der Waals surface area contributed by atoms with Crippen LogP contribution in [0, 0.1) is 75.5 Å². The Bertz CT molecular complexity index is 1180. The summed E-state index contributed by atoms with van der Waals surface area (Å²) >= 11 is 0. The first-order valence-electron chi connectivity index (χ1n) is 8.34. The molecule has 0 aliphatic rings. The van der Waals surface area contributed by atoms with Gasteiger partial charge in [-0.05, 0) is 33.7 Å². The Balaban J connectivity index is 0.00000140. The molecule has 1 amide bonds. The number of fused-ring (bicyclic) bond motifs is 2. The molecule has 142 valence electrons. The van der Waals surface area contributed by atoms with E-state index < -0.39 is 0 Å². The average Bonchev–Trinajstić information content (AvgIpc) is 2.67. The van der Waals surface area contributed by atoms with Crippen molar-refractivity contribution >= 4 is 46.9 Å². The van der Waals surface area contributed by atoms with Crippen molar-refractivity contribution in [3.05, 3.63) is 72.8 Å². The Hall–Kier alpha value is -0.511. The van der Waals surface area contributed by atoms with E-state index in [1.165, 1.54) is 6.92 Å². The van der Waals surface area contributed by atoms with Gasteiger partial charge < -0.3 is 5.32 Å². The number of benzene rings is 4. The SMILES string of the molecule is CC(=O)Nc1ccc2ccccc2c1-c1c(P=O)ccc2ccccc12.[Ar].[Ar]. The normalized spacial score (nSPS) is 10.3. The number of hydrogen-bond donors (Lipinski definition) is 1. The molecule has 4 rings (SSSR count). The quantitative estimate of drug-likeness (QED) is 0.428. The van der Waals surface area contributed by atoms with Crippen molar-refractivity contribution in [3.8, 4) is 11.1 Å². The molecule has 0 saturated carbocycles. The van der Waals surface area contributed by atoms with Crippen LogP contribution < -0.4 is 10.6 Å². The average molecular weight is 437 g/mol. The summed E-state index contributed by atoms with van der Waals surface area (Å²) in [5.41, 5.74) is 2.51. The Morgan fingerprint density at radius 2 is 1.29 bits per heavy atom. The molecule has 28 heavy (non-hydrogen) atoms. The predicted octanol–water partition coefficient (Wildman–Crippen LogP) is 5.54. The van der Waals surface area contributed by atoms with Crippen molar-refractivity contribution in [2.75, 3.05) is 5.32 Å². The van der Waals surface area contributed by atoms with Gasteiger partial charge in [0.15, 0.2) is 8.46 Å². The number of carbonyl (C=O) groups excluding carboxylic acids is 1. The van der Waals surface area contributed by atoms with Gasteiger partial charge >= 0.3 is 0 Å². The largest absolute Gasteiger partial charge is 0.326 e. The Morgan fingerprint density at radius 1 is 0.750 bits per heavy atom. The monoisotopic (exact) mass is 437 g/mol. The molecule has 0 aliphatic heterocycles. The van der Waals surface area contributed by atoms with Crippen LogP contribution in [0.5, 0.6) is 0 Å². The van der Waals surface area contributed by atoms with Gasteiger partial charge in [-0.2, -0.15) is 0 Å². The molecule has 0 saturated heterocycles. The van der Waals surface area contributed by atoms with Crippen LogP contribution in [0.2, 0.25) is 0 Å². The summed E-state index contributed by atoms with van der Waals surface area (Å²) in [6.45, 7) is 1.49. The minimum atomic E-state index is -0.136. The summed E-state index contributed by atoms with van der Waals surface area (Å²) in [4.78, 5) is 11.8. The van der Waals surface area contributed by atoms with Gasteiger partial charge in [0.25, 0.3) is 0 Å². The molecule has 0 aliphatic carbocycles. The van der Waals surface area contributed by atoms with Crippen molar-refractivity contribution in [1.82, 2.24) is 0 Å². The molecule has 4 aromatic carbocycles. The standard InChI is InChI=1S/C22H16NO2P.2Ar/c1-14(24)23-19-12-10-15-6-2-4-8-17(15)21(19)22-18-9-5-3-7-16(18)11-13-20(22)26-25;;/h2-13H,1H3,(H,23,24);;. The van der Waals surface area contributed by atoms with Gasteiger partial charge in [0.2, 0.25) is 5.91 Å². The number of nitrogens with one attached hydrogen (secondary N) is 1. The van der Waals surface area contributed by atoms with Crippen LogP contribution in [0.4, 0.5) is 5.69 Å². The third-order valence-corrected chi connectivity index (χ3v) is 5.06. The molecule has 0 atom stereocenters. The fraction of sp³-hybridized carbons (Fsp3) is 0.0455. The van der Waals surface area contributed by atoms with Gasteiger partial charge in [-0.3, -0.25) is 9.36 Å². The van der Waals surface area contributed by atoms with Gasteiger partial charge in [0.05, 0.1) is 5.30 Å². The van der Waals surface area contributed by atoms with Crippen LogP contribution in [0.15, 0.2) is 72.8 Å². The van der Waals surface area contributed by atoms with E-state index in [9.17, 15) is 9.36 Å². The maximum atomic E-state index is 11.9. The number of hydrogen-bond acceptors (Lipinski definition) is 2. The van der Waals surface area contributed by atoms with Crippen molar-refractivity contribution in [2.24, 2.45) is 0 Å². The zero-order valence-electron chi connectivity index (χ0n) is 14.9. The number of rotatable bonds is 3. The van der Waals surface area contributed by atoms with E-state index in [0.717, 1.165) is 38.4 Å². The van der Waals surface area contributed by atoms with Gasteiger partial charge in [-0.1, -0.05) is 60.7 Å². The molecule has 0 radical (unpaired) electrons. The minimum absolute atomic E-state index is 0. The summed E-state index contributed by atoms with van der Waals surface area (Å²) < 4.78 is 11.9. The summed E-state index contributed by atoms with van der Waals surface area (Å²) in [6, 6.07) is 23.8. The maximum Gasteiger partial charge on any atom is 0.221 e. The van der Waals surface area contributed by atoms with E-state index >= 15 is 0 Å². The molecule has 0 bridgehead atoms. The summed E-state index contributed by atoms with van der Waals surface area (Å²) in [5, 5.41) is 7.79. The predicted molar refractivity (Wildman–Crippen MR) is 108 cm³/mol. The number of carbonyl (C=O) groups is 1. The fourth-order valence-corrected chi connectivity index (χ4v) is 3.89. The Labute approximate surface area is 225 Å². The first-order valence-corrected chi connectivity index (χ1v) is 9.15. The van der Waals surface area contributed by atoms with Crippen molar-refractivity contribution in [2.45, 2.75) is 6.92 Å². The third-order valence-electron chi connectivity index (χ3n) is 4.50. The van der Waals surface area contributed by atoms with E-state index in [4.69, 9.17) is 0 Å². The molecule has 0 unspecified atom stereocenters. The minimum Gasteiger partial charge on any atom is -0.326 e. The first kappa shape index (κ1) is 23.8. The van der Waals surface area contributed by atoms with Crippen LogP contribution in [0.25, 0.3) is 32.7 Å². The molecule has 6 heteroatoms. The zero-order valence-corrected chi connectivity index (χ0v) is 17.2. The van der Waals surface area contributed by atoms with Crippen LogP contribution in [-0.2, 0) is 9.36 Å². The topological polar surface area (TPSA) is 46.2 Å². The van der Waals surface area contributed by atoms with Crippen LogP contribution in [0.1, 0.15) is 6.92 Å². The van der Waals surface area contributed by atoms with E-state index in [1.54, 1.807) is 0 Å². The van der Waals surface area contributed by atoms with Gasteiger partial charge in [0.1, 0.15) is 0 Å². The van der Waals surface area contributed by atoms with Crippen molar-refractivity contribution in [3.63, 3.8) is 0 Å². The van der Waals surface area contributed by atoms with Gasteiger partial charge in [-0.25, -0.2) is 0 Å². The molecule has 0 aromatic heterocycles. The summed E-state index contributed by atoms with van der Waals surface area (Å²) in [6.07, 6.45) is 0. The molecular weight excluding hydrogens is 421 g/mol. The van der Waals surface area contributed by atoms with Crippen LogP contribution >= 0.6 is 8.46 Å². The molecule has 0 heterocycles. The number of amides is 1. The Morgan fingerprint density at radius 3 is 1.86 bits per heavy atom. The van der Waals surface area contributed by atoms with Gasteiger partial charge in [-0.15, -0.1) is 0 Å². The fourth-order valence-electron chi connectivity index (χ4n) is 3.43. The second kappa shape index (κ2) is 10.5. The first-order chi connectivity index (χ1) is 12.7. The smallest absolute Gasteiger partial charge is 0.221 e. The Kier molecular flexibility index (Phi) is 8.91. The molecule has 0 spiro atoms. The van der Waals surface area contributed by atoms with Crippen molar-refractivity contribution < 1.29 is 84.8 Å². The molecule has 1 N–H and O–H groups in total. The number of anilines is 1. The van der Waals surface area contributed by atoms with Crippen LogP contribution in [-0.4, -0.2) is 5.91 Å². The molecular formula is C22H16Ar2NO2P. The third kappa shape index (κ3) is 4.63. The molecule has 0 fully saturated rings. The summed E-state index contributed by atoms with van der Waals surface area (Å²) in [5.74, 6) is -0.136. The van der Waals surface area contributed by atoms with Crippen LogP contribution in [0.3, 0.4) is 0 Å². The second-order valence-corrected chi connectivity index (χ2v) is 6.83. The molecule has 3 nitrogen and oxygen atoms in total. The van der Waals surface area contributed by atoms with Gasteiger partial charge in [0, 0.05) is 99.2 Å². The maximum absolute atomic E-state index is 11.9.